The van der Waals surface area contributed by atoms with Gasteiger partial charge in [-0.05, 0) is 48.4 Å². The fourth-order valence-corrected chi connectivity index (χ4v) is 4.44. The summed E-state index contributed by atoms with van der Waals surface area (Å²) in [7, 11) is 1.80. The van der Waals surface area contributed by atoms with Crippen molar-refractivity contribution in [1.82, 2.24) is 19.1 Å². The van der Waals surface area contributed by atoms with Crippen molar-refractivity contribution in [3.05, 3.63) is 101 Å². The first kappa shape index (κ1) is 18.5. The lowest BCUT2D eigenvalue weighted by Gasteiger charge is -2.10. The minimum atomic E-state index is -0.0821. The summed E-state index contributed by atoms with van der Waals surface area (Å²) in [5.74, 6) is 0. The second-order valence-electron chi connectivity index (χ2n) is 8.10. The number of fused-ring (bicyclic) bond motifs is 4. The number of benzene rings is 3. The molecule has 0 unspecified atom stereocenters. The van der Waals surface area contributed by atoms with Crippen molar-refractivity contribution in [2.45, 2.75) is 6.92 Å². The molecule has 0 amide bonds. The summed E-state index contributed by atoms with van der Waals surface area (Å²) < 4.78 is 3.47. The van der Waals surface area contributed by atoms with Gasteiger partial charge in [0, 0.05) is 29.6 Å². The number of aryl methyl sites for hydroxylation is 2. The van der Waals surface area contributed by atoms with Crippen molar-refractivity contribution in [1.29, 1.82) is 0 Å². The zero-order valence-corrected chi connectivity index (χ0v) is 17.8. The van der Waals surface area contributed by atoms with Crippen LogP contribution in [0.4, 0.5) is 0 Å². The number of nitrogens with zero attached hydrogens (tertiary/aromatic N) is 4. The van der Waals surface area contributed by atoms with Crippen molar-refractivity contribution < 1.29 is 0 Å². The Morgan fingerprint density at radius 3 is 2.44 bits per heavy atom. The highest BCUT2D eigenvalue weighted by Crippen LogP contribution is 2.31. The van der Waals surface area contributed by atoms with Gasteiger partial charge in [-0.25, -0.2) is 4.79 Å². The third-order valence-electron chi connectivity index (χ3n) is 6.16. The van der Waals surface area contributed by atoms with E-state index in [1.165, 1.54) is 0 Å². The van der Waals surface area contributed by atoms with Crippen LogP contribution < -0.4 is 5.69 Å². The summed E-state index contributed by atoms with van der Waals surface area (Å²) in [6.07, 6.45) is 3.68. The van der Waals surface area contributed by atoms with E-state index < -0.39 is 0 Å². The summed E-state index contributed by atoms with van der Waals surface area (Å²) >= 11 is 0. The Morgan fingerprint density at radius 2 is 1.56 bits per heavy atom. The first-order chi connectivity index (χ1) is 15.6. The molecule has 0 saturated carbocycles. The first-order valence-electron chi connectivity index (χ1n) is 10.5. The number of hydrogen-bond acceptors (Lipinski definition) is 3. The predicted octanol–water partition coefficient (Wildman–Crippen LogP) is 5.40. The van der Waals surface area contributed by atoms with Crippen molar-refractivity contribution >= 4 is 32.8 Å². The molecule has 32 heavy (non-hydrogen) atoms. The van der Waals surface area contributed by atoms with Crippen LogP contribution >= 0.6 is 0 Å². The highest BCUT2D eigenvalue weighted by atomic mass is 16.1. The van der Waals surface area contributed by atoms with Gasteiger partial charge in [0.25, 0.3) is 0 Å². The molecule has 6 rings (SSSR count). The van der Waals surface area contributed by atoms with Crippen LogP contribution in [0.1, 0.15) is 5.56 Å². The summed E-state index contributed by atoms with van der Waals surface area (Å²) in [4.78, 5) is 22.5. The fourth-order valence-electron chi connectivity index (χ4n) is 4.44. The molecule has 0 radical (unpaired) electrons. The largest absolute Gasteiger partial charge is 0.333 e. The van der Waals surface area contributed by atoms with Gasteiger partial charge in [0.2, 0.25) is 0 Å². The molecule has 154 valence electrons. The van der Waals surface area contributed by atoms with Crippen molar-refractivity contribution in [2.75, 3.05) is 0 Å². The molecule has 0 saturated heterocycles. The molecule has 3 aromatic carbocycles. The van der Waals surface area contributed by atoms with Crippen molar-refractivity contribution in [3.63, 3.8) is 0 Å². The standard InChI is InChI=1S/C27H20N4O/c1-17-7-3-6-10-24(17)31-26-21-14-18(20-13-19-8-4-5-9-22(19)28-15-20)11-12-23(21)29-16-25(26)30(2)27(31)32/h3-16H,1-2H3. The van der Waals surface area contributed by atoms with Crippen LogP contribution in [0.25, 0.3) is 49.7 Å². The van der Waals surface area contributed by atoms with E-state index in [1.807, 2.05) is 61.7 Å². The molecule has 3 heterocycles. The Labute approximate surface area is 184 Å². The van der Waals surface area contributed by atoms with Gasteiger partial charge < -0.3 is 0 Å². The molecule has 0 fully saturated rings. The Morgan fingerprint density at radius 1 is 0.781 bits per heavy atom. The minimum absolute atomic E-state index is 0.0821. The SMILES string of the molecule is Cc1ccccc1-n1c(=O)n(C)c2cnc3ccc(-c4cnc5ccccc5c4)cc3c21. The van der Waals surface area contributed by atoms with Crippen LogP contribution in [-0.2, 0) is 7.05 Å². The highest BCUT2D eigenvalue weighted by molar-refractivity contribution is 6.05. The van der Waals surface area contributed by atoms with Crippen molar-refractivity contribution in [2.24, 2.45) is 7.05 Å². The zero-order chi connectivity index (χ0) is 21.8. The van der Waals surface area contributed by atoms with E-state index in [2.05, 4.69) is 34.2 Å². The molecule has 3 aromatic heterocycles. The first-order valence-corrected chi connectivity index (χ1v) is 10.5. The molecular weight excluding hydrogens is 396 g/mol. The monoisotopic (exact) mass is 416 g/mol. The van der Waals surface area contributed by atoms with Crippen molar-refractivity contribution in [3.8, 4) is 16.8 Å². The second kappa shape index (κ2) is 6.89. The second-order valence-corrected chi connectivity index (χ2v) is 8.10. The van der Waals surface area contributed by atoms with E-state index in [1.54, 1.807) is 22.4 Å². The van der Waals surface area contributed by atoms with Gasteiger partial charge in [0.1, 0.15) is 0 Å². The lowest BCUT2D eigenvalue weighted by atomic mass is 10.0. The van der Waals surface area contributed by atoms with Crippen LogP contribution in [-0.4, -0.2) is 19.1 Å². The fraction of sp³-hybridized carbons (Fsp3) is 0.0741. The smallest absolute Gasteiger partial charge is 0.293 e. The van der Waals surface area contributed by atoms with E-state index in [9.17, 15) is 4.79 Å². The number of hydrogen-bond donors (Lipinski definition) is 0. The zero-order valence-electron chi connectivity index (χ0n) is 17.8. The van der Waals surface area contributed by atoms with Gasteiger partial charge in [-0.2, -0.15) is 0 Å². The molecule has 0 aliphatic heterocycles. The summed E-state index contributed by atoms with van der Waals surface area (Å²) in [5.41, 5.74) is 7.41. The summed E-state index contributed by atoms with van der Waals surface area (Å²) in [6, 6.07) is 24.4. The molecule has 0 spiro atoms. The van der Waals surface area contributed by atoms with Crippen LogP contribution in [0, 0.1) is 6.92 Å². The van der Waals surface area contributed by atoms with Gasteiger partial charge >= 0.3 is 5.69 Å². The molecule has 5 heteroatoms. The Kier molecular flexibility index (Phi) is 3.98. The van der Waals surface area contributed by atoms with Gasteiger partial charge in [-0.15, -0.1) is 0 Å². The normalized spacial score (nSPS) is 11.6. The van der Waals surface area contributed by atoms with Gasteiger partial charge in [0.15, 0.2) is 0 Å². The molecule has 0 aliphatic rings. The molecule has 0 bridgehead atoms. The van der Waals surface area contributed by atoms with E-state index in [0.717, 1.165) is 55.2 Å². The third-order valence-corrected chi connectivity index (χ3v) is 6.16. The number of aromatic nitrogens is 4. The van der Waals surface area contributed by atoms with Crippen LogP contribution in [0.2, 0.25) is 0 Å². The maximum Gasteiger partial charge on any atom is 0.333 e. The van der Waals surface area contributed by atoms with Gasteiger partial charge in [0.05, 0.1) is 34.0 Å². The van der Waals surface area contributed by atoms with Crippen LogP contribution in [0.15, 0.2) is 90.0 Å². The average Bonchev–Trinajstić information content (AvgIpc) is 3.09. The molecular formula is C27H20N4O. The van der Waals surface area contributed by atoms with Gasteiger partial charge in [-0.3, -0.25) is 19.1 Å². The molecule has 0 N–H and O–H groups in total. The van der Waals surface area contributed by atoms with E-state index in [0.29, 0.717) is 0 Å². The molecule has 0 aliphatic carbocycles. The lowest BCUT2D eigenvalue weighted by Crippen LogP contribution is -2.21. The Bertz CT molecular complexity index is 1730. The molecule has 6 aromatic rings. The Hall–Kier alpha value is -4.25. The van der Waals surface area contributed by atoms with Crippen LogP contribution in [0.3, 0.4) is 0 Å². The summed E-state index contributed by atoms with van der Waals surface area (Å²) in [5, 5.41) is 2.03. The van der Waals surface area contributed by atoms with Gasteiger partial charge in [-0.1, -0.05) is 42.5 Å². The maximum atomic E-state index is 13.3. The molecule has 5 nitrogen and oxygen atoms in total. The van der Waals surface area contributed by atoms with E-state index in [4.69, 9.17) is 0 Å². The lowest BCUT2D eigenvalue weighted by molar-refractivity contribution is 0.843. The predicted molar refractivity (Wildman–Crippen MR) is 129 cm³/mol. The topological polar surface area (TPSA) is 52.7 Å². The van der Waals surface area contributed by atoms with Crippen LogP contribution in [0.5, 0.6) is 0 Å². The minimum Gasteiger partial charge on any atom is -0.293 e. The number of imidazole rings is 1. The quantitative estimate of drug-likeness (QED) is 0.380. The third kappa shape index (κ3) is 2.68. The number of rotatable bonds is 2. The average molecular weight is 416 g/mol. The van der Waals surface area contributed by atoms with E-state index in [-0.39, 0.29) is 5.69 Å². The Balaban J connectivity index is 1.68. The molecule has 0 atom stereocenters. The number of para-hydroxylation sites is 2. The summed E-state index contributed by atoms with van der Waals surface area (Å²) in [6.45, 7) is 2.02. The number of pyridine rings is 2. The van der Waals surface area contributed by atoms with E-state index >= 15 is 0 Å². The highest BCUT2D eigenvalue weighted by Gasteiger charge is 2.17. The maximum absolute atomic E-state index is 13.3.